The Hall–Kier alpha value is -2.18. The van der Waals surface area contributed by atoms with E-state index < -0.39 is 0 Å². The van der Waals surface area contributed by atoms with Gasteiger partial charge in [0.1, 0.15) is 0 Å². The van der Waals surface area contributed by atoms with E-state index in [0.29, 0.717) is 42.9 Å². The summed E-state index contributed by atoms with van der Waals surface area (Å²) in [5.74, 6) is -0.0897. The van der Waals surface area contributed by atoms with E-state index >= 15 is 0 Å². The zero-order valence-electron chi connectivity index (χ0n) is 13.3. The lowest BCUT2D eigenvalue weighted by Crippen LogP contribution is -2.40. The topological polar surface area (TPSA) is 69.6 Å². The molecule has 5 nitrogen and oxygen atoms in total. The summed E-state index contributed by atoms with van der Waals surface area (Å²) in [6.45, 7) is 1.62. The molecule has 0 radical (unpaired) electrons. The second kappa shape index (κ2) is 7.59. The number of carbonyl (C=O) groups is 2. The van der Waals surface area contributed by atoms with Gasteiger partial charge in [-0.1, -0.05) is 18.2 Å². The lowest BCUT2D eigenvalue weighted by molar-refractivity contribution is 0.0546. The van der Waals surface area contributed by atoms with E-state index in [1.807, 2.05) is 23.6 Å². The number of nitrogens with one attached hydrogen (secondary N) is 1. The van der Waals surface area contributed by atoms with Crippen LogP contribution >= 0.6 is 11.3 Å². The Morgan fingerprint density at radius 3 is 2.50 bits per heavy atom. The zero-order chi connectivity index (χ0) is 16.9. The molecule has 0 aliphatic carbocycles. The number of likely N-dealkylation sites (tertiary alicyclic amines) is 1. The zero-order valence-corrected chi connectivity index (χ0v) is 14.1. The summed E-state index contributed by atoms with van der Waals surface area (Å²) >= 11 is 1.41. The quantitative estimate of drug-likeness (QED) is 0.894. The van der Waals surface area contributed by atoms with Crippen LogP contribution < -0.4 is 5.32 Å². The first-order chi connectivity index (χ1) is 11.6. The second-order valence-corrected chi connectivity index (χ2v) is 6.83. The molecule has 1 saturated heterocycles. The highest BCUT2D eigenvalue weighted by Crippen LogP contribution is 2.15. The van der Waals surface area contributed by atoms with E-state index in [2.05, 4.69) is 5.32 Å². The monoisotopic (exact) mass is 344 g/mol. The summed E-state index contributed by atoms with van der Waals surface area (Å²) < 4.78 is 0. The third kappa shape index (κ3) is 4.01. The van der Waals surface area contributed by atoms with Crippen molar-refractivity contribution in [2.75, 3.05) is 13.1 Å². The summed E-state index contributed by atoms with van der Waals surface area (Å²) in [6, 6.07) is 10.9. The van der Waals surface area contributed by atoms with E-state index in [1.165, 1.54) is 11.3 Å². The molecular weight excluding hydrogens is 324 g/mol. The molecule has 0 unspecified atom stereocenters. The van der Waals surface area contributed by atoms with Crippen LogP contribution in [0.3, 0.4) is 0 Å². The first-order valence-corrected chi connectivity index (χ1v) is 8.89. The molecule has 0 saturated carbocycles. The number of aliphatic hydroxyl groups is 1. The average molecular weight is 344 g/mol. The maximum absolute atomic E-state index is 12.4. The van der Waals surface area contributed by atoms with Gasteiger partial charge < -0.3 is 15.3 Å². The highest BCUT2D eigenvalue weighted by Gasteiger charge is 2.22. The minimum Gasteiger partial charge on any atom is -0.393 e. The van der Waals surface area contributed by atoms with Crippen LogP contribution in [-0.4, -0.2) is 41.0 Å². The highest BCUT2D eigenvalue weighted by atomic mass is 32.1. The van der Waals surface area contributed by atoms with Crippen LogP contribution in [-0.2, 0) is 6.54 Å². The molecule has 1 fully saturated rings. The van der Waals surface area contributed by atoms with Crippen molar-refractivity contribution < 1.29 is 14.7 Å². The third-order valence-corrected chi connectivity index (χ3v) is 5.02. The maximum atomic E-state index is 12.4. The average Bonchev–Trinajstić information content (AvgIpc) is 3.15. The SMILES string of the molecule is O=C(NCc1ccc(C(=O)N2CCC(O)CC2)cc1)c1cccs1. The maximum Gasteiger partial charge on any atom is 0.261 e. The summed E-state index contributed by atoms with van der Waals surface area (Å²) in [4.78, 5) is 26.8. The molecule has 2 amide bonds. The van der Waals surface area contributed by atoms with Crippen LogP contribution in [0.4, 0.5) is 0 Å². The Morgan fingerprint density at radius 2 is 1.88 bits per heavy atom. The van der Waals surface area contributed by atoms with Crippen LogP contribution in [0.1, 0.15) is 38.4 Å². The Kier molecular flexibility index (Phi) is 5.27. The first-order valence-electron chi connectivity index (χ1n) is 8.01. The lowest BCUT2D eigenvalue weighted by Gasteiger charge is -2.29. The van der Waals surface area contributed by atoms with Gasteiger partial charge in [0.05, 0.1) is 11.0 Å². The summed E-state index contributed by atoms with van der Waals surface area (Å²) in [5, 5.41) is 14.3. The minimum absolute atomic E-state index is 0.00364. The van der Waals surface area contributed by atoms with Gasteiger partial charge in [-0.2, -0.15) is 0 Å². The fourth-order valence-corrected chi connectivity index (χ4v) is 3.33. The number of hydrogen-bond donors (Lipinski definition) is 2. The highest BCUT2D eigenvalue weighted by molar-refractivity contribution is 7.12. The van der Waals surface area contributed by atoms with Crippen LogP contribution in [0.2, 0.25) is 0 Å². The van der Waals surface area contributed by atoms with Crippen LogP contribution in [0.15, 0.2) is 41.8 Å². The number of nitrogens with zero attached hydrogens (tertiary/aromatic N) is 1. The number of benzene rings is 1. The fraction of sp³-hybridized carbons (Fsp3) is 0.333. The Bertz CT molecular complexity index is 690. The predicted octanol–water partition coefficient (Wildman–Crippen LogP) is 2.28. The molecule has 6 heteroatoms. The number of amides is 2. The van der Waals surface area contributed by atoms with Crippen LogP contribution in [0.5, 0.6) is 0 Å². The molecule has 2 heterocycles. The number of carbonyl (C=O) groups excluding carboxylic acids is 2. The van der Waals surface area contributed by atoms with Crippen molar-refractivity contribution in [1.29, 1.82) is 0 Å². The molecule has 24 heavy (non-hydrogen) atoms. The Morgan fingerprint density at radius 1 is 1.17 bits per heavy atom. The Balaban J connectivity index is 1.55. The van der Waals surface area contributed by atoms with Gasteiger partial charge in [0.2, 0.25) is 0 Å². The van der Waals surface area contributed by atoms with E-state index in [1.54, 1.807) is 23.1 Å². The fourth-order valence-electron chi connectivity index (χ4n) is 2.69. The van der Waals surface area contributed by atoms with Gasteiger partial charge >= 0.3 is 0 Å². The minimum atomic E-state index is -0.289. The molecule has 1 aromatic carbocycles. The van der Waals surface area contributed by atoms with Crippen molar-refractivity contribution in [3.05, 3.63) is 57.8 Å². The first kappa shape index (κ1) is 16.7. The van der Waals surface area contributed by atoms with Gasteiger partial charge in [-0.25, -0.2) is 0 Å². The molecular formula is C18H20N2O3S. The second-order valence-electron chi connectivity index (χ2n) is 5.88. The van der Waals surface area contributed by atoms with Gasteiger partial charge in [-0.05, 0) is 42.0 Å². The van der Waals surface area contributed by atoms with E-state index in [4.69, 9.17) is 0 Å². The normalized spacial score (nSPS) is 15.3. The number of thiophene rings is 1. The molecule has 2 N–H and O–H groups in total. The molecule has 3 rings (SSSR count). The van der Waals surface area contributed by atoms with Crippen molar-refractivity contribution in [3.63, 3.8) is 0 Å². The van der Waals surface area contributed by atoms with Gasteiger partial charge in [-0.15, -0.1) is 11.3 Å². The number of hydrogen-bond acceptors (Lipinski definition) is 4. The molecule has 0 spiro atoms. The molecule has 1 aliphatic rings. The van der Waals surface area contributed by atoms with Crippen molar-refractivity contribution in [3.8, 4) is 0 Å². The van der Waals surface area contributed by atoms with Crippen LogP contribution in [0, 0.1) is 0 Å². The molecule has 0 atom stereocenters. The smallest absolute Gasteiger partial charge is 0.261 e. The van der Waals surface area contributed by atoms with Crippen molar-refractivity contribution in [2.45, 2.75) is 25.5 Å². The summed E-state index contributed by atoms with van der Waals surface area (Å²) in [7, 11) is 0. The van der Waals surface area contributed by atoms with E-state index in [9.17, 15) is 14.7 Å². The predicted molar refractivity (Wildman–Crippen MR) is 93.1 cm³/mol. The van der Waals surface area contributed by atoms with Crippen molar-refractivity contribution in [1.82, 2.24) is 10.2 Å². The molecule has 1 aromatic heterocycles. The van der Waals surface area contributed by atoms with Crippen molar-refractivity contribution >= 4 is 23.2 Å². The van der Waals surface area contributed by atoms with Crippen LogP contribution in [0.25, 0.3) is 0 Å². The number of rotatable bonds is 4. The van der Waals surface area contributed by atoms with Gasteiger partial charge in [-0.3, -0.25) is 9.59 Å². The largest absolute Gasteiger partial charge is 0.393 e. The Labute approximate surface area is 144 Å². The molecule has 1 aliphatic heterocycles. The van der Waals surface area contributed by atoms with Crippen molar-refractivity contribution in [2.24, 2.45) is 0 Å². The van der Waals surface area contributed by atoms with Gasteiger partial charge in [0, 0.05) is 25.2 Å². The van der Waals surface area contributed by atoms with E-state index in [-0.39, 0.29) is 17.9 Å². The molecule has 126 valence electrons. The number of piperidine rings is 1. The molecule has 0 bridgehead atoms. The third-order valence-electron chi connectivity index (χ3n) is 4.15. The van der Waals surface area contributed by atoms with Gasteiger partial charge in [0.15, 0.2) is 0 Å². The summed E-state index contributed by atoms with van der Waals surface area (Å²) in [5.41, 5.74) is 1.59. The lowest BCUT2D eigenvalue weighted by atomic mass is 10.1. The van der Waals surface area contributed by atoms with E-state index in [0.717, 1.165) is 5.56 Å². The number of aliphatic hydroxyl groups excluding tert-OH is 1. The standard InChI is InChI=1S/C18H20N2O3S/c21-15-7-9-20(10-8-15)18(23)14-5-3-13(4-6-14)12-19-17(22)16-2-1-11-24-16/h1-6,11,15,21H,7-10,12H2,(H,19,22). The van der Waals surface area contributed by atoms with Gasteiger partial charge in [0.25, 0.3) is 11.8 Å². The summed E-state index contributed by atoms with van der Waals surface area (Å²) in [6.07, 6.45) is 0.986. The molecule has 2 aromatic rings.